The minimum atomic E-state index is -1.43. The zero-order chi connectivity index (χ0) is 13.0. The van der Waals surface area contributed by atoms with Crippen molar-refractivity contribution in [3.05, 3.63) is 0 Å². The normalized spacial score (nSPS) is 29.9. The summed E-state index contributed by atoms with van der Waals surface area (Å²) in [4.78, 5) is 10.6. The number of nitrogens with two attached hydrogens (primary N) is 1. The Morgan fingerprint density at radius 2 is 2.06 bits per heavy atom. The first-order valence-corrected chi connectivity index (χ1v) is 6.33. The lowest BCUT2D eigenvalue weighted by molar-refractivity contribution is -0.686. The summed E-state index contributed by atoms with van der Waals surface area (Å²) in [6, 6.07) is -0.642. The van der Waals surface area contributed by atoms with Crippen LogP contribution < -0.4 is 10.4 Å². The first-order chi connectivity index (χ1) is 7.95. The first-order valence-electron chi connectivity index (χ1n) is 5.28. The third-order valence-corrected chi connectivity index (χ3v) is 4.02. The average molecular weight is 267 g/mol. The van der Waals surface area contributed by atoms with E-state index in [4.69, 9.17) is 10.2 Å². The second kappa shape index (κ2) is 6.53. The van der Waals surface area contributed by atoms with Crippen LogP contribution >= 0.6 is 11.8 Å². The van der Waals surface area contributed by atoms with Crippen LogP contribution in [0.25, 0.3) is 0 Å². The smallest absolute Gasteiger partial charge is 0.136 e. The summed E-state index contributed by atoms with van der Waals surface area (Å²) in [5.41, 5.74) is 0. The van der Waals surface area contributed by atoms with Gasteiger partial charge in [0.2, 0.25) is 0 Å². The SMILES string of the molecule is O=C([O-])[C@@H]1CS[C@@H](C[C@H](O)[C@H](O)[C@H](O)CO)[NH2+]1. The number of thioether (sulfide) groups is 1. The van der Waals surface area contributed by atoms with Gasteiger partial charge in [0.05, 0.1) is 18.5 Å². The summed E-state index contributed by atoms with van der Waals surface area (Å²) < 4.78 is 0. The van der Waals surface area contributed by atoms with Crippen molar-refractivity contribution >= 4 is 17.7 Å². The van der Waals surface area contributed by atoms with E-state index in [-0.39, 0.29) is 11.8 Å². The van der Waals surface area contributed by atoms with Gasteiger partial charge in [0.1, 0.15) is 29.6 Å². The second-order valence-corrected chi connectivity index (χ2v) is 5.31. The fourth-order valence-corrected chi connectivity index (χ4v) is 2.97. The highest BCUT2D eigenvalue weighted by molar-refractivity contribution is 7.99. The number of carboxylic acids is 1. The van der Waals surface area contributed by atoms with Crippen molar-refractivity contribution in [1.29, 1.82) is 0 Å². The standard InChI is InChI=1S/C9H17NO6S/c11-2-6(13)8(14)5(12)1-7-10-4(3-17-7)9(15)16/h4-8,10-14H,1-3H2,(H,15,16)/t4-,5-,6+,7-,8-/m0/s1. The molecule has 0 bridgehead atoms. The highest BCUT2D eigenvalue weighted by Crippen LogP contribution is 2.18. The number of carbonyl (C=O) groups is 1. The third-order valence-electron chi connectivity index (χ3n) is 2.69. The highest BCUT2D eigenvalue weighted by atomic mass is 32.2. The number of aliphatic carboxylic acids is 1. The Morgan fingerprint density at radius 3 is 2.53 bits per heavy atom. The maximum atomic E-state index is 10.6. The van der Waals surface area contributed by atoms with E-state index in [0.717, 1.165) is 0 Å². The van der Waals surface area contributed by atoms with Gasteiger partial charge in [0.15, 0.2) is 0 Å². The van der Waals surface area contributed by atoms with E-state index in [2.05, 4.69) is 0 Å². The van der Waals surface area contributed by atoms with Gasteiger partial charge in [-0.15, -0.1) is 0 Å². The Hall–Kier alpha value is -0.380. The van der Waals surface area contributed by atoms with Crippen LogP contribution in [0.1, 0.15) is 6.42 Å². The fraction of sp³-hybridized carbons (Fsp3) is 0.889. The van der Waals surface area contributed by atoms with Gasteiger partial charge in [-0.2, -0.15) is 0 Å². The summed E-state index contributed by atoms with van der Waals surface area (Å²) in [5, 5.41) is 48.7. The summed E-state index contributed by atoms with van der Waals surface area (Å²) in [5.74, 6) is -0.760. The van der Waals surface area contributed by atoms with E-state index in [9.17, 15) is 20.1 Å². The van der Waals surface area contributed by atoms with E-state index in [1.54, 1.807) is 5.32 Å². The molecule has 0 amide bonds. The first kappa shape index (κ1) is 14.7. The number of aliphatic hydroxyl groups is 4. The zero-order valence-corrected chi connectivity index (χ0v) is 9.92. The Morgan fingerprint density at radius 1 is 1.41 bits per heavy atom. The molecule has 0 aromatic heterocycles. The molecule has 100 valence electrons. The molecular formula is C9H17NO6S. The molecule has 8 heteroatoms. The molecule has 0 aromatic rings. The predicted molar refractivity (Wildman–Crippen MR) is 56.7 cm³/mol. The van der Waals surface area contributed by atoms with Crippen LogP contribution in [0.2, 0.25) is 0 Å². The summed E-state index contributed by atoms with van der Waals surface area (Å²) in [7, 11) is 0. The molecule has 0 saturated carbocycles. The van der Waals surface area contributed by atoms with Crippen molar-refractivity contribution in [1.82, 2.24) is 0 Å². The van der Waals surface area contributed by atoms with Crippen LogP contribution in [0.4, 0.5) is 0 Å². The van der Waals surface area contributed by atoms with Gasteiger partial charge in [-0.05, 0) is 0 Å². The van der Waals surface area contributed by atoms with Gasteiger partial charge in [-0.1, -0.05) is 11.8 Å². The van der Waals surface area contributed by atoms with Crippen molar-refractivity contribution in [3.63, 3.8) is 0 Å². The van der Waals surface area contributed by atoms with E-state index in [1.807, 2.05) is 0 Å². The molecule has 1 heterocycles. The van der Waals surface area contributed by atoms with Gasteiger partial charge in [0, 0.05) is 6.42 Å². The number of hydrogen-bond donors (Lipinski definition) is 5. The van der Waals surface area contributed by atoms with Gasteiger partial charge in [0.25, 0.3) is 0 Å². The van der Waals surface area contributed by atoms with E-state index in [1.165, 1.54) is 11.8 Å². The molecule has 1 aliphatic heterocycles. The van der Waals surface area contributed by atoms with E-state index >= 15 is 0 Å². The number of aliphatic hydroxyl groups excluding tert-OH is 4. The minimum absolute atomic E-state index is 0.132. The molecule has 0 unspecified atom stereocenters. The average Bonchev–Trinajstić information content (AvgIpc) is 2.75. The number of carboxylic acid groups (broad SMARTS) is 1. The van der Waals surface area contributed by atoms with E-state index in [0.29, 0.717) is 5.75 Å². The predicted octanol–water partition coefficient (Wildman–Crippen LogP) is -4.79. The molecule has 1 fully saturated rings. The largest absolute Gasteiger partial charge is 0.544 e. The van der Waals surface area contributed by atoms with Crippen LogP contribution in [0.3, 0.4) is 0 Å². The molecule has 1 aliphatic rings. The lowest BCUT2D eigenvalue weighted by Gasteiger charge is -2.22. The molecule has 0 radical (unpaired) electrons. The summed E-state index contributed by atoms with van der Waals surface area (Å²) in [6.45, 7) is -0.637. The third kappa shape index (κ3) is 4.09. The quantitative estimate of drug-likeness (QED) is 0.325. The van der Waals surface area contributed by atoms with Gasteiger partial charge >= 0.3 is 0 Å². The van der Waals surface area contributed by atoms with Crippen LogP contribution in [-0.4, -0.2) is 68.5 Å². The van der Waals surface area contributed by atoms with Crippen molar-refractivity contribution in [2.24, 2.45) is 0 Å². The molecule has 17 heavy (non-hydrogen) atoms. The topological polar surface area (TPSA) is 138 Å². The van der Waals surface area contributed by atoms with E-state index < -0.39 is 36.9 Å². The fourth-order valence-electron chi connectivity index (χ4n) is 1.63. The molecule has 0 aliphatic carbocycles. The number of hydrogen-bond acceptors (Lipinski definition) is 7. The van der Waals surface area contributed by atoms with Gasteiger partial charge in [-0.25, -0.2) is 0 Å². The van der Waals surface area contributed by atoms with Crippen molar-refractivity contribution in [2.75, 3.05) is 12.4 Å². The monoisotopic (exact) mass is 267 g/mol. The van der Waals surface area contributed by atoms with Gasteiger partial charge in [-0.3, -0.25) is 0 Å². The van der Waals surface area contributed by atoms with Crippen LogP contribution in [0.15, 0.2) is 0 Å². The Labute approximate surface area is 102 Å². The lowest BCUT2D eigenvalue weighted by Crippen LogP contribution is -2.94. The number of carbonyl (C=O) groups excluding carboxylic acids is 1. The number of rotatable bonds is 6. The minimum Gasteiger partial charge on any atom is -0.544 e. The number of quaternary nitrogens is 1. The second-order valence-electron chi connectivity index (χ2n) is 4.03. The van der Waals surface area contributed by atoms with Crippen LogP contribution in [-0.2, 0) is 4.79 Å². The van der Waals surface area contributed by atoms with Crippen molar-refractivity contribution in [2.45, 2.75) is 36.1 Å². The summed E-state index contributed by atoms with van der Waals surface area (Å²) in [6.07, 6.45) is -3.90. The molecule has 6 N–H and O–H groups in total. The lowest BCUT2D eigenvalue weighted by atomic mass is 10.1. The van der Waals surface area contributed by atoms with Crippen LogP contribution in [0, 0.1) is 0 Å². The molecule has 1 rings (SSSR count). The molecule has 0 aromatic carbocycles. The molecular weight excluding hydrogens is 250 g/mol. The molecule has 0 spiro atoms. The maximum absolute atomic E-state index is 10.6. The molecule has 1 saturated heterocycles. The molecule has 5 atom stereocenters. The molecule has 7 nitrogen and oxygen atoms in total. The van der Waals surface area contributed by atoms with Crippen molar-refractivity contribution < 1.29 is 35.6 Å². The summed E-state index contributed by atoms with van der Waals surface area (Å²) >= 11 is 1.35. The Kier molecular flexibility index (Phi) is 5.63. The Bertz CT molecular complexity index is 266. The zero-order valence-electron chi connectivity index (χ0n) is 9.10. The van der Waals surface area contributed by atoms with Gasteiger partial charge < -0.3 is 35.6 Å². The maximum Gasteiger partial charge on any atom is 0.136 e. The highest BCUT2D eigenvalue weighted by Gasteiger charge is 2.34. The van der Waals surface area contributed by atoms with Crippen LogP contribution in [0.5, 0.6) is 0 Å². The Balaban J connectivity index is 2.37. The van der Waals surface area contributed by atoms with Crippen molar-refractivity contribution in [3.8, 4) is 0 Å².